The lowest BCUT2D eigenvalue weighted by Crippen LogP contribution is -2.34. The van der Waals surface area contributed by atoms with E-state index in [0.717, 1.165) is 11.1 Å². The highest BCUT2D eigenvalue weighted by Crippen LogP contribution is 2.20. The lowest BCUT2D eigenvalue weighted by Gasteiger charge is -2.16. The summed E-state index contributed by atoms with van der Waals surface area (Å²) < 4.78 is 1.44. The van der Waals surface area contributed by atoms with Crippen LogP contribution >= 0.6 is 11.8 Å². The first-order valence-corrected chi connectivity index (χ1v) is 10.1. The first kappa shape index (κ1) is 19.9. The van der Waals surface area contributed by atoms with Crippen LogP contribution < -0.4 is 10.9 Å². The number of hydrogen-bond acceptors (Lipinski definition) is 4. The molecule has 1 atom stereocenters. The molecule has 0 aliphatic carbocycles. The van der Waals surface area contributed by atoms with E-state index in [0.29, 0.717) is 16.6 Å². The Morgan fingerprint density at radius 2 is 1.75 bits per heavy atom. The average Bonchev–Trinajstić information content (AvgIpc) is 2.70. The Morgan fingerprint density at radius 1 is 1.11 bits per heavy atom. The molecule has 0 unspecified atom stereocenters. The molecule has 0 bridgehead atoms. The van der Waals surface area contributed by atoms with E-state index < -0.39 is 0 Å². The van der Waals surface area contributed by atoms with Crippen LogP contribution in [0.4, 0.5) is 0 Å². The van der Waals surface area contributed by atoms with Crippen LogP contribution in [0.3, 0.4) is 0 Å². The van der Waals surface area contributed by atoms with E-state index in [2.05, 4.69) is 10.3 Å². The maximum Gasteiger partial charge on any atom is 0.254 e. The van der Waals surface area contributed by atoms with Crippen molar-refractivity contribution in [2.45, 2.75) is 37.3 Å². The number of carbonyl (C=O) groups excluding carboxylic acids is 1. The van der Waals surface area contributed by atoms with E-state index in [9.17, 15) is 9.59 Å². The van der Waals surface area contributed by atoms with Gasteiger partial charge in [-0.1, -0.05) is 72.4 Å². The van der Waals surface area contributed by atoms with Crippen molar-refractivity contribution in [2.75, 3.05) is 0 Å². The number of benzene rings is 2. The summed E-state index contributed by atoms with van der Waals surface area (Å²) in [6.45, 7) is 3.66. The van der Waals surface area contributed by atoms with Gasteiger partial charge in [0.2, 0.25) is 5.91 Å². The first-order valence-electron chi connectivity index (χ1n) is 9.12. The molecule has 0 aliphatic rings. The third-order valence-corrected chi connectivity index (χ3v) is 5.34. The summed E-state index contributed by atoms with van der Waals surface area (Å²) in [7, 11) is 0. The SMILES string of the molecule is Cc1cc(=O)n(CC(=O)N[C@H](C)c2ccccc2)c(SCc2ccccc2)n1. The Kier molecular flexibility index (Phi) is 6.66. The maximum absolute atomic E-state index is 12.6. The van der Waals surface area contributed by atoms with E-state index in [1.807, 2.05) is 67.6 Å². The highest BCUT2D eigenvalue weighted by molar-refractivity contribution is 7.98. The maximum atomic E-state index is 12.6. The van der Waals surface area contributed by atoms with Crippen LogP contribution in [0, 0.1) is 6.92 Å². The Balaban J connectivity index is 1.73. The second-order valence-electron chi connectivity index (χ2n) is 6.58. The standard InChI is InChI=1S/C22H23N3O2S/c1-16-13-21(27)25(22(23-16)28-15-18-9-5-3-6-10-18)14-20(26)24-17(2)19-11-7-4-8-12-19/h3-13,17H,14-15H2,1-2H3,(H,24,26)/t17-/m1/s1. The number of hydrogen-bond donors (Lipinski definition) is 1. The molecule has 1 heterocycles. The lowest BCUT2D eigenvalue weighted by atomic mass is 10.1. The average molecular weight is 394 g/mol. The Morgan fingerprint density at radius 3 is 2.43 bits per heavy atom. The fraction of sp³-hybridized carbons (Fsp3) is 0.227. The molecule has 1 amide bonds. The first-order chi connectivity index (χ1) is 13.5. The van der Waals surface area contributed by atoms with Gasteiger partial charge in [-0.15, -0.1) is 0 Å². The quantitative estimate of drug-likeness (QED) is 0.491. The van der Waals surface area contributed by atoms with Gasteiger partial charge in [0.1, 0.15) is 6.54 Å². The molecule has 3 aromatic rings. The van der Waals surface area contributed by atoms with E-state index in [1.54, 1.807) is 6.92 Å². The zero-order chi connectivity index (χ0) is 19.9. The summed E-state index contributed by atoms with van der Waals surface area (Å²) >= 11 is 1.46. The third-order valence-electron chi connectivity index (χ3n) is 4.29. The number of carbonyl (C=O) groups is 1. The van der Waals surface area contributed by atoms with Crippen molar-refractivity contribution >= 4 is 17.7 Å². The lowest BCUT2D eigenvalue weighted by molar-refractivity contribution is -0.122. The van der Waals surface area contributed by atoms with Crippen LogP contribution in [0.25, 0.3) is 0 Å². The van der Waals surface area contributed by atoms with Gasteiger partial charge in [-0.2, -0.15) is 0 Å². The Bertz CT molecular complexity index is 988. The number of amides is 1. The van der Waals surface area contributed by atoms with Crippen molar-refractivity contribution in [3.8, 4) is 0 Å². The van der Waals surface area contributed by atoms with Gasteiger partial charge in [-0.3, -0.25) is 14.2 Å². The van der Waals surface area contributed by atoms with Crippen LogP contribution in [0.2, 0.25) is 0 Å². The highest BCUT2D eigenvalue weighted by Gasteiger charge is 2.14. The Labute approximate surface area is 168 Å². The highest BCUT2D eigenvalue weighted by atomic mass is 32.2. The summed E-state index contributed by atoms with van der Waals surface area (Å²) in [4.78, 5) is 29.5. The van der Waals surface area contributed by atoms with Crippen molar-refractivity contribution < 1.29 is 4.79 Å². The molecule has 144 valence electrons. The van der Waals surface area contributed by atoms with E-state index in [4.69, 9.17) is 0 Å². The Hall–Kier alpha value is -2.86. The predicted molar refractivity (Wildman–Crippen MR) is 112 cm³/mol. The summed E-state index contributed by atoms with van der Waals surface area (Å²) in [5.41, 5.74) is 2.58. The molecule has 28 heavy (non-hydrogen) atoms. The van der Waals surface area contributed by atoms with Crippen LogP contribution in [0.15, 0.2) is 76.7 Å². The molecule has 0 fully saturated rings. The molecule has 3 rings (SSSR count). The molecule has 1 N–H and O–H groups in total. The largest absolute Gasteiger partial charge is 0.348 e. The van der Waals surface area contributed by atoms with Gasteiger partial charge in [0.05, 0.1) is 6.04 Å². The van der Waals surface area contributed by atoms with Crippen LogP contribution in [-0.4, -0.2) is 15.5 Å². The second kappa shape index (κ2) is 9.37. The van der Waals surface area contributed by atoms with Crippen molar-refractivity contribution in [1.29, 1.82) is 0 Å². The molecule has 2 aromatic carbocycles. The molecular weight excluding hydrogens is 370 g/mol. The summed E-state index contributed by atoms with van der Waals surface area (Å²) in [6.07, 6.45) is 0. The minimum Gasteiger partial charge on any atom is -0.348 e. The number of nitrogens with zero attached hydrogens (tertiary/aromatic N) is 2. The summed E-state index contributed by atoms with van der Waals surface area (Å²) in [5, 5.41) is 3.50. The van der Waals surface area contributed by atoms with Gasteiger partial charge < -0.3 is 5.32 Å². The van der Waals surface area contributed by atoms with Gasteiger partial charge in [-0.25, -0.2) is 4.98 Å². The fourth-order valence-electron chi connectivity index (χ4n) is 2.83. The van der Waals surface area contributed by atoms with Gasteiger partial charge >= 0.3 is 0 Å². The molecule has 6 heteroatoms. The monoisotopic (exact) mass is 393 g/mol. The molecule has 0 saturated heterocycles. The summed E-state index contributed by atoms with van der Waals surface area (Å²) in [6, 6.07) is 21.0. The number of aromatic nitrogens is 2. The van der Waals surface area contributed by atoms with Crippen molar-refractivity contribution in [3.63, 3.8) is 0 Å². The number of aryl methyl sites for hydroxylation is 1. The van der Waals surface area contributed by atoms with Crippen molar-refractivity contribution in [2.24, 2.45) is 0 Å². The van der Waals surface area contributed by atoms with Crippen molar-refractivity contribution in [1.82, 2.24) is 14.9 Å². The number of rotatable bonds is 7. The third kappa shape index (κ3) is 5.33. The minimum atomic E-state index is -0.217. The van der Waals surface area contributed by atoms with Gasteiger partial charge in [0, 0.05) is 17.5 Å². The summed E-state index contributed by atoms with van der Waals surface area (Å²) in [5.74, 6) is 0.462. The molecule has 5 nitrogen and oxygen atoms in total. The number of thioether (sulfide) groups is 1. The molecular formula is C22H23N3O2S. The van der Waals surface area contributed by atoms with Gasteiger partial charge in [0.25, 0.3) is 5.56 Å². The molecule has 0 spiro atoms. The zero-order valence-corrected chi connectivity index (χ0v) is 16.8. The second-order valence-corrected chi connectivity index (χ2v) is 7.52. The molecule has 0 radical (unpaired) electrons. The number of nitrogens with one attached hydrogen (secondary N) is 1. The van der Waals surface area contributed by atoms with Gasteiger partial charge in [-0.05, 0) is 25.0 Å². The van der Waals surface area contributed by atoms with Crippen LogP contribution in [0.1, 0.15) is 29.8 Å². The van der Waals surface area contributed by atoms with Crippen LogP contribution in [0.5, 0.6) is 0 Å². The topological polar surface area (TPSA) is 64.0 Å². The molecule has 0 aliphatic heterocycles. The van der Waals surface area contributed by atoms with E-state index in [-0.39, 0.29) is 24.1 Å². The molecule has 0 saturated carbocycles. The van der Waals surface area contributed by atoms with Crippen LogP contribution in [-0.2, 0) is 17.1 Å². The van der Waals surface area contributed by atoms with Crippen molar-refractivity contribution in [3.05, 3.63) is 93.9 Å². The smallest absolute Gasteiger partial charge is 0.254 e. The fourth-order valence-corrected chi connectivity index (χ4v) is 3.84. The normalized spacial score (nSPS) is 11.8. The van der Waals surface area contributed by atoms with Gasteiger partial charge in [0.15, 0.2) is 5.16 Å². The zero-order valence-electron chi connectivity index (χ0n) is 16.0. The van der Waals surface area contributed by atoms with E-state index >= 15 is 0 Å². The predicted octanol–water partition coefficient (Wildman–Crippen LogP) is 3.72. The molecule has 1 aromatic heterocycles. The van der Waals surface area contributed by atoms with E-state index in [1.165, 1.54) is 22.4 Å². The minimum absolute atomic E-state index is 0.0551.